The number of aryl methyl sites for hydroxylation is 1. The lowest BCUT2D eigenvalue weighted by molar-refractivity contribution is -0.149. The molecule has 5 heteroatoms. The Morgan fingerprint density at radius 2 is 2.28 bits per heavy atom. The molecule has 102 valence electrons. The van der Waals surface area contributed by atoms with Gasteiger partial charge in [-0.3, -0.25) is 9.69 Å². The van der Waals surface area contributed by atoms with E-state index >= 15 is 0 Å². The summed E-state index contributed by atoms with van der Waals surface area (Å²) in [5.74, 6) is -0.717. The number of rotatable bonds is 7. The minimum Gasteiger partial charge on any atom is -0.481 e. The molecular formula is C13H22N2O2S. The number of carboxylic acids is 1. The fourth-order valence-corrected chi connectivity index (χ4v) is 2.82. The van der Waals surface area contributed by atoms with Crippen molar-refractivity contribution in [1.29, 1.82) is 0 Å². The van der Waals surface area contributed by atoms with Gasteiger partial charge < -0.3 is 5.11 Å². The van der Waals surface area contributed by atoms with E-state index in [4.69, 9.17) is 0 Å². The Hall–Kier alpha value is -0.940. The number of carboxylic acid groups (broad SMARTS) is 1. The van der Waals surface area contributed by atoms with Gasteiger partial charge in [-0.1, -0.05) is 13.3 Å². The minimum absolute atomic E-state index is 0.548. The second-order valence-corrected chi connectivity index (χ2v) is 6.21. The van der Waals surface area contributed by atoms with E-state index in [1.807, 2.05) is 38.1 Å². The highest BCUT2D eigenvalue weighted by Crippen LogP contribution is 2.25. The highest BCUT2D eigenvalue weighted by molar-refractivity contribution is 7.09. The van der Waals surface area contributed by atoms with Crippen molar-refractivity contribution in [3.05, 3.63) is 16.1 Å². The summed E-state index contributed by atoms with van der Waals surface area (Å²) in [5.41, 5.74) is 0.346. The van der Waals surface area contributed by atoms with Crippen LogP contribution in [-0.4, -0.2) is 34.6 Å². The van der Waals surface area contributed by atoms with E-state index in [9.17, 15) is 9.90 Å². The Morgan fingerprint density at radius 1 is 1.61 bits per heavy atom. The van der Waals surface area contributed by atoms with Crippen LogP contribution in [0, 0.1) is 12.3 Å². The molecule has 0 aliphatic heterocycles. The molecule has 0 bridgehead atoms. The number of thiazole rings is 1. The summed E-state index contributed by atoms with van der Waals surface area (Å²) in [6.07, 6.45) is 1.58. The van der Waals surface area contributed by atoms with E-state index in [2.05, 4.69) is 4.98 Å². The van der Waals surface area contributed by atoms with Crippen molar-refractivity contribution in [3.63, 3.8) is 0 Å². The molecule has 1 aromatic rings. The summed E-state index contributed by atoms with van der Waals surface area (Å²) in [6.45, 7) is 7.07. The zero-order valence-corrected chi connectivity index (χ0v) is 12.4. The lowest BCUT2D eigenvalue weighted by atomic mass is 9.85. The van der Waals surface area contributed by atoms with Crippen molar-refractivity contribution in [3.8, 4) is 0 Å². The molecule has 0 saturated heterocycles. The summed E-state index contributed by atoms with van der Waals surface area (Å²) >= 11 is 1.63. The molecule has 0 saturated carbocycles. The topological polar surface area (TPSA) is 53.4 Å². The van der Waals surface area contributed by atoms with Crippen molar-refractivity contribution in [2.45, 2.75) is 40.2 Å². The maximum atomic E-state index is 11.4. The zero-order chi connectivity index (χ0) is 13.8. The molecule has 1 heterocycles. The Bertz CT molecular complexity index is 405. The summed E-state index contributed by atoms with van der Waals surface area (Å²) in [7, 11) is 1.95. The van der Waals surface area contributed by atoms with Gasteiger partial charge in [-0.2, -0.15) is 0 Å². The van der Waals surface area contributed by atoms with Crippen LogP contribution in [0.2, 0.25) is 0 Å². The van der Waals surface area contributed by atoms with Crippen LogP contribution in [0.4, 0.5) is 0 Å². The molecule has 0 amide bonds. The monoisotopic (exact) mass is 270 g/mol. The van der Waals surface area contributed by atoms with E-state index in [1.165, 1.54) is 0 Å². The second kappa shape index (κ2) is 6.29. The molecule has 18 heavy (non-hydrogen) atoms. The van der Waals surface area contributed by atoms with Crippen molar-refractivity contribution < 1.29 is 9.90 Å². The largest absolute Gasteiger partial charge is 0.481 e. The van der Waals surface area contributed by atoms with Crippen LogP contribution >= 0.6 is 11.3 Å². The first-order valence-electron chi connectivity index (χ1n) is 6.20. The Labute approximate surface area is 113 Å². The highest BCUT2D eigenvalue weighted by Gasteiger charge is 2.33. The Balaban J connectivity index is 2.61. The van der Waals surface area contributed by atoms with E-state index in [1.54, 1.807) is 11.3 Å². The van der Waals surface area contributed by atoms with E-state index in [0.29, 0.717) is 19.5 Å². The first kappa shape index (κ1) is 15.1. The molecule has 0 spiro atoms. The first-order valence-corrected chi connectivity index (χ1v) is 7.08. The second-order valence-electron chi connectivity index (χ2n) is 5.15. The van der Waals surface area contributed by atoms with Gasteiger partial charge in [0.05, 0.1) is 16.1 Å². The van der Waals surface area contributed by atoms with Crippen LogP contribution in [0.3, 0.4) is 0 Å². The maximum Gasteiger partial charge on any atom is 0.310 e. The lowest BCUT2D eigenvalue weighted by Crippen LogP contribution is -2.39. The van der Waals surface area contributed by atoms with Crippen LogP contribution in [0.25, 0.3) is 0 Å². The van der Waals surface area contributed by atoms with Gasteiger partial charge in [-0.25, -0.2) is 4.98 Å². The van der Waals surface area contributed by atoms with Crippen molar-refractivity contribution in [2.75, 3.05) is 13.6 Å². The van der Waals surface area contributed by atoms with Crippen molar-refractivity contribution in [2.24, 2.45) is 5.41 Å². The van der Waals surface area contributed by atoms with Gasteiger partial charge in [0.1, 0.15) is 0 Å². The maximum absolute atomic E-state index is 11.4. The van der Waals surface area contributed by atoms with Crippen LogP contribution in [0.15, 0.2) is 5.38 Å². The molecule has 1 atom stereocenters. The van der Waals surface area contributed by atoms with E-state index in [-0.39, 0.29) is 0 Å². The quantitative estimate of drug-likeness (QED) is 0.827. The normalized spacial score (nSPS) is 14.7. The number of hydrogen-bond acceptors (Lipinski definition) is 4. The third kappa shape index (κ3) is 4.07. The molecule has 1 unspecified atom stereocenters. The zero-order valence-electron chi connectivity index (χ0n) is 11.6. The average molecular weight is 270 g/mol. The molecule has 4 nitrogen and oxygen atoms in total. The van der Waals surface area contributed by atoms with Crippen LogP contribution in [0.1, 0.15) is 37.4 Å². The van der Waals surface area contributed by atoms with Gasteiger partial charge in [-0.05, 0) is 27.3 Å². The standard InChI is InChI=1S/C13H22N2O2S/c1-5-6-13(3,12(16)17)9-15(4)7-11-8-18-10(2)14-11/h8H,5-7,9H2,1-4H3,(H,16,17). The van der Waals surface area contributed by atoms with Crippen LogP contribution < -0.4 is 0 Å². The summed E-state index contributed by atoms with van der Waals surface area (Å²) < 4.78 is 0. The Kier molecular flexibility index (Phi) is 5.28. The fraction of sp³-hybridized carbons (Fsp3) is 0.692. The molecule has 1 aromatic heterocycles. The van der Waals surface area contributed by atoms with Gasteiger partial charge in [0.15, 0.2) is 0 Å². The third-order valence-electron chi connectivity index (χ3n) is 3.04. The Morgan fingerprint density at radius 3 is 2.72 bits per heavy atom. The number of hydrogen-bond donors (Lipinski definition) is 1. The van der Waals surface area contributed by atoms with Gasteiger partial charge in [0.25, 0.3) is 0 Å². The van der Waals surface area contributed by atoms with Crippen LogP contribution in [-0.2, 0) is 11.3 Å². The van der Waals surface area contributed by atoms with Crippen molar-refractivity contribution >= 4 is 17.3 Å². The average Bonchev–Trinajstić information content (AvgIpc) is 2.63. The fourth-order valence-electron chi connectivity index (χ4n) is 2.21. The molecule has 0 fully saturated rings. The lowest BCUT2D eigenvalue weighted by Gasteiger charge is -2.29. The molecule has 1 N–H and O–H groups in total. The van der Waals surface area contributed by atoms with Gasteiger partial charge in [-0.15, -0.1) is 11.3 Å². The molecule has 0 aliphatic rings. The number of nitrogens with zero attached hydrogens (tertiary/aromatic N) is 2. The summed E-state index contributed by atoms with van der Waals surface area (Å²) in [6, 6.07) is 0. The summed E-state index contributed by atoms with van der Waals surface area (Å²) in [5, 5.41) is 12.4. The number of aromatic nitrogens is 1. The van der Waals surface area contributed by atoms with Gasteiger partial charge in [0, 0.05) is 18.5 Å². The predicted molar refractivity (Wildman–Crippen MR) is 73.8 cm³/mol. The third-order valence-corrected chi connectivity index (χ3v) is 3.86. The predicted octanol–water partition coefficient (Wildman–Crippen LogP) is 2.77. The SMILES string of the molecule is CCCC(C)(CN(C)Cc1csc(C)n1)C(=O)O. The van der Waals surface area contributed by atoms with Gasteiger partial charge in [0.2, 0.25) is 0 Å². The number of aliphatic carboxylic acids is 1. The summed E-state index contributed by atoms with van der Waals surface area (Å²) in [4.78, 5) is 17.8. The minimum atomic E-state index is -0.717. The molecule has 0 aliphatic carbocycles. The van der Waals surface area contributed by atoms with Crippen LogP contribution in [0.5, 0.6) is 0 Å². The molecule has 0 radical (unpaired) electrons. The van der Waals surface area contributed by atoms with E-state index in [0.717, 1.165) is 17.1 Å². The first-order chi connectivity index (χ1) is 8.37. The highest BCUT2D eigenvalue weighted by atomic mass is 32.1. The van der Waals surface area contributed by atoms with Crippen molar-refractivity contribution in [1.82, 2.24) is 9.88 Å². The van der Waals surface area contributed by atoms with Gasteiger partial charge >= 0.3 is 5.97 Å². The van der Waals surface area contributed by atoms with E-state index < -0.39 is 11.4 Å². The molecule has 1 rings (SSSR count). The molecular weight excluding hydrogens is 248 g/mol. The smallest absolute Gasteiger partial charge is 0.310 e. The number of carbonyl (C=O) groups is 1. The molecule has 0 aromatic carbocycles.